The average Bonchev–Trinajstić information content (AvgIpc) is 2.45. The second-order valence-corrected chi connectivity index (χ2v) is 4.87. The highest BCUT2D eigenvalue weighted by Gasteiger charge is 2.46. The largest absolute Gasteiger partial charge is 0.478 e. The summed E-state index contributed by atoms with van der Waals surface area (Å²) in [4.78, 5) is 22.6. The molecule has 0 saturated carbocycles. The number of hydrogen-bond donors (Lipinski definition) is 3. The number of carboxylic acid groups (broad SMARTS) is 2. The third-order valence-electron chi connectivity index (χ3n) is 3.07. The maximum atomic E-state index is 13.0. The zero-order valence-corrected chi connectivity index (χ0v) is 11.8. The van der Waals surface area contributed by atoms with Gasteiger partial charge in [-0.3, -0.25) is 5.43 Å². The number of rotatable bonds is 3. The van der Waals surface area contributed by atoms with Gasteiger partial charge in [-0.05, 0) is 11.6 Å². The predicted octanol–water partition coefficient (Wildman–Crippen LogP) is 2.37. The fourth-order valence-electron chi connectivity index (χ4n) is 2.15. The van der Waals surface area contributed by atoms with E-state index in [1.807, 2.05) is 0 Å². The Hall–Kier alpha value is -2.55. The highest BCUT2D eigenvalue weighted by atomic mass is 35.5. The van der Waals surface area contributed by atoms with E-state index in [-0.39, 0.29) is 10.6 Å². The summed E-state index contributed by atoms with van der Waals surface area (Å²) in [6, 6.07) is 5.42. The first-order chi connectivity index (χ1) is 10.6. The van der Waals surface area contributed by atoms with Crippen LogP contribution >= 0.6 is 11.6 Å². The van der Waals surface area contributed by atoms with Crippen molar-refractivity contribution in [3.63, 3.8) is 0 Å². The molecule has 1 aliphatic rings. The van der Waals surface area contributed by atoms with Crippen LogP contribution in [0.5, 0.6) is 0 Å². The van der Waals surface area contributed by atoms with Crippen LogP contribution in [-0.2, 0) is 9.59 Å². The second kappa shape index (κ2) is 5.92. The molecule has 2 rings (SSSR count). The van der Waals surface area contributed by atoms with Crippen molar-refractivity contribution in [2.75, 3.05) is 0 Å². The van der Waals surface area contributed by atoms with Gasteiger partial charge in [0.1, 0.15) is 5.70 Å². The Balaban J connectivity index is 2.77. The number of carboxylic acids is 2. The first-order valence-electron chi connectivity index (χ1n) is 6.00. The van der Waals surface area contributed by atoms with Gasteiger partial charge >= 0.3 is 18.1 Å². The number of allylic oxidation sites excluding steroid dienone is 1. The van der Waals surface area contributed by atoms with Crippen molar-refractivity contribution in [2.45, 2.75) is 12.1 Å². The number of aliphatic carboxylic acids is 2. The molecule has 0 fully saturated rings. The van der Waals surface area contributed by atoms with Crippen molar-refractivity contribution in [2.24, 2.45) is 5.10 Å². The van der Waals surface area contributed by atoms with Gasteiger partial charge < -0.3 is 10.2 Å². The number of halogens is 4. The molecule has 1 aliphatic heterocycles. The molecule has 6 nitrogen and oxygen atoms in total. The van der Waals surface area contributed by atoms with E-state index in [2.05, 4.69) is 5.10 Å². The first kappa shape index (κ1) is 16.8. The highest BCUT2D eigenvalue weighted by Crippen LogP contribution is 2.39. The average molecular weight is 349 g/mol. The minimum absolute atomic E-state index is 0.0753. The maximum absolute atomic E-state index is 13.0. The van der Waals surface area contributed by atoms with Gasteiger partial charge in [0.25, 0.3) is 0 Å². The molecule has 23 heavy (non-hydrogen) atoms. The van der Waals surface area contributed by atoms with Crippen LogP contribution in [0.15, 0.2) is 40.6 Å². The summed E-state index contributed by atoms with van der Waals surface area (Å²) in [7, 11) is 0. The normalized spacial score (nSPS) is 18.3. The van der Waals surface area contributed by atoms with Gasteiger partial charge in [0.2, 0.25) is 0 Å². The highest BCUT2D eigenvalue weighted by molar-refractivity contribution is 6.41. The third-order valence-corrected chi connectivity index (χ3v) is 3.41. The lowest BCUT2D eigenvalue weighted by atomic mass is 9.84. The summed E-state index contributed by atoms with van der Waals surface area (Å²) in [5.74, 6) is -5.36. The van der Waals surface area contributed by atoms with Crippen LogP contribution in [0.1, 0.15) is 11.5 Å². The molecule has 10 heteroatoms. The van der Waals surface area contributed by atoms with Gasteiger partial charge in [-0.2, -0.15) is 18.3 Å². The number of benzene rings is 1. The van der Waals surface area contributed by atoms with Gasteiger partial charge in [0.15, 0.2) is 5.71 Å². The lowest BCUT2D eigenvalue weighted by molar-refractivity contribution is -0.135. The molecule has 1 unspecified atom stereocenters. The molecule has 0 aromatic heterocycles. The summed E-state index contributed by atoms with van der Waals surface area (Å²) in [5, 5.41) is 21.4. The van der Waals surface area contributed by atoms with Crippen LogP contribution in [0.25, 0.3) is 0 Å². The van der Waals surface area contributed by atoms with E-state index in [1.165, 1.54) is 29.7 Å². The molecule has 0 spiro atoms. The van der Waals surface area contributed by atoms with Crippen LogP contribution in [0.2, 0.25) is 5.02 Å². The van der Waals surface area contributed by atoms with Gasteiger partial charge in [0, 0.05) is 5.02 Å². The Morgan fingerprint density at radius 2 is 1.78 bits per heavy atom. The number of alkyl halides is 3. The van der Waals surface area contributed by atoms with Crippen LogP contribution in [-0.4, -0.2) is 34.0 Å². The Labute approximate surface area is 131 Å². The van der Waals surface area contributed by atoms with Crippen molar-refractivity contribution in [3.05, 3.63) is 46.1 Å². The Morgan fingerprint density at radius 3 is 2.26 bits per heavy atom. The minimum atomic E-state index is -5.05. The summed E-state index contributed by atoms with van der Waals surface area (Å²) in [6.45, 7) is 0. The molecule has 1 atom stereocenters. The van der Waals surface area contributed by atoms with Crippen molar-refractivity contribution in [3.8, 4) is 0 Å². The minimum Gasteiger partial charge on any atom is -0.478 e. The zero-order chi connectivity index (χ0) is 17.4. The Kier molecular flexibility index (Phi) is 4.33. The summed E-state index contributed by atoms with van der Waals surface area (Å²) in [6.07, 6.45) is -5.05. The maximum Gasteiger partial charge on any atom is 0.433 e. The first-order valence-corrected chi connectivity index (χ1v) is 6.38. The van der Waals surface area contributed by atoms with Crippen molar-refractivity contribution >= 4 is 29.3 Å². The SMILES string of the molecule is O=C(O)C1=NNC(C(F)(F)F)=C(C(=O)O)C1c1ccccc1Cl. The zero-order valence-electron chi connectivity index (χ0n) is 11.1. The van der Waals surface area contributed by atoms with Crippen molar-refractivity contribution < 1.29 is 33.0 Å². The molecular formula is C13H8ClF3N2O4. The van der Waals surface area contributed by atoms with E-state index in [9.17, 15) is 27.9 Å². The monoisotopic (exact) mass is 348 g/mol. The quantitative estimate of drug-likeness (QED) is 0.779. The molecule has 1 aromatic carbocycles. The molecule has 3 N–H and O–H groups in total. The van der Waals surface area contributed by atoms with E-state index in [4.69, 9.17) is 16.7 Å². The van der Waals surface area contributed by atoms with E-state index in [0.717, 1.165) is 0 Å². The second-order valence-electron chi connectivity index (χ2n) is 4.46. The predicted molar refractivity (Wildman–Crippen MR) is 73.1 cm³/mol. The molecule has 1 heterocycles. The Morgan fingerprint density at radius 1 is 1.17 bits per heavy atom. The van der Waals surface area contributed by atoms with Gasteiger partial charge in [-0.1, -0.05) is 29.8 Å². The molecule has 1 aromatic rings. The van der Waals surface area contributed by atoms with E-state index in [0.29, 0.717) is 0 Å². The fraction of sp³-hybridized carbons (Fsp3) is 0.154. The molecule has 0 radical (unpaired) electrons. The summed E-state index contributed by atoms with van der Waals surface area (Å²) >= 11 is 5.89. The van der Waals surface area contributed by atoms with Crippen LogP contribution in [0, 0.1) is 0 Å². The van der Waals surface area contributed by atoms with Crippen LogP contribution in [0.3, 0.4) is 0 Å². The summed E-state index contributed by atoms with van der Waals surface area (Å²) < 4.78 is 39.1. The number of hydrogen-bond acceptors (Lipinski definition) is 4. The fourth-order valence-corrected chi connectivity index (χ4v) is 2.40. The number of carbonyl (C=O) groups is 2. The molecule has 122 valence electrons. The standard InChI is InChI=1S/C13H8ClF3N2O4/c14-6-4-2-1-3-5(6)7-8(11(20)21)10(13(15,16)17)19-18-9(7)12(22)23/h1-4,7,19H,(H,20,21)(H,22,23). The van der Waals surface area contributed by atoms with Crippen molar-refractivity contribution in [1.82, 2.24) is 5.43 Å². The number of hydrazone groups is 1. The lowest BCUT2D eigenvalue weighted by Gasteiger charge is -2.27. The van der Waals surface area contributed by atoms with Crippen molar-refractivity contribution in [1.29, 1.82) is 0 Å². The van der Waals surface area contributed by atoms with Gasteiger partial charge in [-0.25, -0.2) is 9.59 Å². The van der Waals surface area contributed by atoms with Gasteiger partial charge in [0.05, 0.1) is 11.5 Å². The molecular weight excluding hydrogens is 341 g/mol. The molecule has 0 aliphatic carbocycles. The third kappa shape index (κ3) is 3.14. The number of nitrogens with zero attached hydrogens (tertiary/aromatic N) is 1. The summed E-state index contributed by atoms with van der Waals surface area (Å²) in [5.41, 5.74) is -2.25. The Bertz CT molecular complexity index is 743. The van der Waals surface area contributed by atoms with Crippen LogP contribution < -0.4 is 5.43 Å². The van der Waals surface area contributed by atoms with E-state index >= 15 is 0 Å². The molecule has 0 bridgehead atoms. The molecule has 0 saturated heterocycles. The smallest absolute Gasteiger partial charge is 0.433 e. The van der Waals surface area contributed by atoms with Crippen LogP contribution in [0.4, 0.5) is 13.2 Å². The lowest BCUT2D eigenvalue weighted by Crippen LogP contribution is -2.39. The van der Waals surface area contributed by atoms with E-state index < -0.39 is 41.0 Å². The van der Waals surface area contributed by atoms with Gasteiger partial charge in [-0.15, -0.1) is 0 Å². The van der Waals surface area contributed by atoms with E-state index in [1.54, 1.807) is 0 Å². The molecule has 0 amide bonds. The number of nitrogens with one attached hydrogen (secondary N) is 1. The topological polar surface area (TPSA) is 99.0 Å².